The van der Waals surface area contributed by atoms with Crippen LogP contribution >= 0.6 is 0 Å². The number of aryl methyl sites for hydroxylation is 1. The van der Waals surface area contributed by atoms with Gasteiger partial charge in [-0.25, -0.2) is 4.99 Å². The van der Waals surface area contributed by atoms with Crippen LogP contribution in [0.3, 0.4) is 0 Å². The summed E-state index contributed by atoms with van der Waals surface area (Å²) in [6.07, 6.45) is 3.34. The molecule has 0 saturated carbocycles. The largest absolute Gasteiger partial charge is 0.493 e. The summed E-state index contributed by atoms with van der Waals surface area (Å²) >= 11 is 0. The molecule has 0 radical (unpaired) electrons. The number of hydrogen-bond acceptors (Lipinski definition) is 5. The van der Waals surface area contributed by atoms with E-state index in [4.69, 9.17) is 19.2 Å². The van der Waals surface area contributed by atoms with Crippen LogP contribution in [-0.2, 0) is 16.0 Å². The number of guanidine groups is 1. The van der Waals surface area contributed by atoms with Gasteiger partial charge in [0.15, 0.2) is 5.96 Å². The second-order valence-electron chi connectivity index (χ2n) is 7.71. The van der Waals surface area contributed by atoms with Gasteiger partial charge in [0.2, 0.25) is 0 Å². The van der Waals surface area contributed by atoms with Gasteiger partial charge in [-0.05, 0) is 44.9 Å². The van der Waals surface area contributed by atoms with Crippen molar-refractivity contribution in [1.29, 1.82) is 0 Å². The number of rotatable bonds is 13. The number of benzene rings is 1. The number of ether oxygens (including phenoxy) is 3. The molecule has 0 amide bonds. The molecule has 1 heterocycles. The third-order valence-corrected chi connectivity index (χ3v) is 5.31. The number of nitrogens with zero attached hydrogens (tertiary/aromatic N) is 2. The Labute approximate surface area is 182 Å². The quantitative estimate of drug-likeness (QED) is 0.290. The van der Waals surface area contributed by atoms with Crippen molar-refractivity contribution in [2.45, 2.75) is 45.7 Å². The molecule has 1 unspecified atom stereocenters. The first-order valence-corrected chi connectivity index (χ1v) is 11.1. The summed E-state index contributed by atoms with van der Waals surface area (Å²) in [6, 6.07) is 6.84. The Morgan fingerprint density at radius 3 is 2.77 bits per heavy atom. The number of methoxy groups -OCH3 is 2. The Kier molecular flexibility index (Phi) is 11.6. The van der Waals surface area contributed by atoms with Crippen molar-refractivity contribution in [1.82, 2.24) is 15.5 Å². The van der Waals surface area contributed by atoms with Gasteiger partial charge in [-0.15, -0.1) is 0 Å². The van der Waals surface area contributed by atoms with E-state index in [0.717, 1.165) is 56.5 Å². The highest BCUT2D eigenvalue weighted by atomic mass is 16.5. The molecule has 2 rings (SSSR count). The lowest BCUT2D eigenvalue weighted by Crippen LogP contribution is -2.45. The molecule has 2 N–H and O–H groups in total. The average Bonchev–Trinajstić information content (AvgIpc) is 3.20. The van der Waals surface area contributed by atoms with E-state index in [0.29, 0.717) is 25.8 Å². The summed E-state index contributed by atoms with van der Waals surface area (Å²) in [6.45, 7) is 10.7. The summed E-state index contributed by atoms with van der Waals surface area (Å²) in [4.78, 5) is 7.32. The van der Waals surface area contributed by atoms with E-state index in [1.54, 1.807) is 14.2 Å². The number of likely N-dealkylation sites (tertiary alicyclic amines) is 1. The molecule has 1 aromatic carbocycles. The fraction of sp³-hybridized carbons (Fsp3) is 0.696. The third-order valence-electron chi connectivity index (χ3n) is 5.31. The number of hydrogen-bond donors (Lipinski definition) is 2. The van der Waals surface area contributed by atoms with Crippen LogP contribution in [-0.4, -0.2) is 77.1 Å². The van der Waals surface area contributed by atoms with Crippen molar-refractivity contribution in [3.63, 3.8) is 0 Å². The molecule has 170 valence electrons. The van der Waals surface area contributed by atoms with E-state index in [1.807, 2.05) is 0 Å². The molecule has 1 fully saturated rings. The molecule has 1 aromatic rings. The lowest BCUT2D eigenvalue weighted by atomic mass is 10.1. The first-order chi connectivity index (χ1) is 14.7. The molecule has 1 atom stereocenters. The fourth-order valence-electron chi connectivity index (χ4n) is 3.66. The van der Waals surface area contributed by atoms with Crippen molar-refractivity contribution in [3.8, 4) is 5.75 Å². The van der Waals surface area contributed by atoms with Crippen LogP contribution in [0.25, 0.3) is 0 Å². The van der Waals surface area contributed by atoms with Crippen LogP contribution in [0.2, 0.25) is 0 Å². The Morgan fingerprint density at radius 2 is 2.00 bits per heavy atom. The van der Waals surface area contributed by atoms with Gasteiger partial charge in [0.1, 0.15) is 5.75 Å². The maximum absolute atomic E-state index is 6.00. The maximum atomic E-state index is 6.00. The molecule has 7 heteroatoms. The zero-order chi connectivity index (χ0) is 21.6. The fourth-order valence-corrected chi connectivity index (χ4v) is 3.66. The summed E-state index contributed by atoms with van der Waals surface area (Å²) in [5.74, 6) is 1.76. The van der Waals surface area contributed by atoms with E-state index >= 15 is 0 Å². The predicted octanol–water partition coefficient (Wildman–Crippen LogP) is 2.58. The first kappa shape index (κ1) is 24.4. The lowest BCUT2D eigenvalue weighted by Gasteiger charge is -2.25. The van der Waals surface area contributed by atoms with E-state index in [9.17, 15) is 0 Å². The highest BCUT2D eigenvalue weighted by Gasteiger charge is 2.23. The number of nitrogens with one attached hydrogen (secondary N) is 2. The molecular weight excluding hydrogens is 380 g/mol. The maximum Gasteiger partial charge on any atom is 0.191 e. The minimum atomic E-state index is 0.531. The highest BCUT2D eigenvalue weighted by Crippen LogP contribution is 2.21. The van der Waals surface area contributed by atoms with Crippen molar-refractivity contribution < 1.29 is 14.2 Å². The van der Waals surface area contributed by atoms with Gasteiger partial charge in [0.25, 0.3) is 0 Å². The minimum absolute atomic E-state index is 0.531. The van der Waals surface area contributed by atoms with Crippen molar-refractivity contribution >= 4 is 5.96 Å². The third kappa shape index (κ3) is 8.50. The monoisotopic (exact) mass is 420 g/mol. The zero-order valence-electron chi connectivity index (χ0n) is 19.2. The van der Waals surface area contributed by atoms with Crippen molar-refractivity contribution in [3.05, 3.63) is 29.3 Å². The second-order valence-corrected chi connectivity index (χ2v) is 7.71. The molecule has 30 heavy (non-hydrogen) atoms. The molecule has 0 bridgehead atoms. The van der Waals surface area contributed by atoms with E-state index < -0.39 is 0 Å². The minimum Gasteiger partial charge on any atom is -0.493 e. The standard InChI is InChI=1S/C23H40N4O3/c1-5-24-23(26-18-21-8-6-11-27(21)12-15-29-4)25-17-20-10-9-19(2)16-22(20)30-14-7-13-28-3/h9-10,16,21H,5-8,11-15,17-18H2,1-4H3,(H2,24,25,26). The Balaban J connectivity index is 1.95. The molecule has 0 spiro atoms. The van der Waals surface area contributed by atoms with Gasteiger partial charge in [0, 0.05) is 58.5 Å². The van der Waals surface area contributed by atoms with E-state index in [2.05, 4.69) is 47.6 Å². The van der Waals surface area contributed by atoms with Gasteiger partial charge in [-0.3, -0.25) is 4.90 Å². The molecule has 0 aromatic heterocycles. The van der Waals surface area contributed by atoms with Gasteiger partial charge in [-0.1, -0.05) is 12.1 Å². The van der Waals surface area contributed by atoms with Crippen LogP contribution in [0, 0.1) is 6.92 Å². The highest BCUT2D eigenvalue weighted by molar-refractivity contribution is 5.79. The molecule has 0 aliphatic carbocycles. The molecule has 1 aliphatic heterocycles. The van der Waals surface area contributed by atoms with Crippen LogP contribution in [0.5, 0.6) is 5.75 Å². The van der Waals surface area contributed by atoms with Crippen molar-refractivity contribution in [2.24, 2.45) is 4.99 Å². The zero-order valence-corrected chi connectivity index (χ0v) is 19.2. The van der Waals surface area contributed by atoms with Crippen molar-refractivity contribution in [2.75, 3.05) is 60.2 Å². The molecule has 1 aliphatic rings. The smallest absolute Gasteiger partial charge is 0.191 e. The molecule has 1 saturated heterocycles. The van der Waals surface area contributed by atoms with Crippen LogP contribution in [0.15, 0.2) is 23.2 Å². The van der Waals surface area contributed by atoms with Crippen LogP contribution in [0.1, 0.15) is 37.3 Å². The SMILES string of the molecule is CCNC(=NCc1ccc(C)cc1OCCCOC)NCC1CCCN1CCOC. The van der Waals surface area contributed by atoms with Gasteiger partial charge >= 0.3 is 0 Å². The van der Waals surface area contributed by atoms with Gasteiger partial charge in [-0.2, -0.15) is 0 Å². The Bertz CT molecular complexity index is 639. The topological polar surface area (TPSA) is 67.4 Å². The molecule has 7 nitrogen and oxygen atoms in total. The average molecular weight is 421 g/mol. The summed E-state index contributed by atoms with van der Waals surface area (Å²) in [5, 5.41) is 6.89. The van der Waals surface area contributed by atoms with Crippen LogP contribution in [0.4, 0.5) is 0 Å². The van der Waals surface area contributed by atoms with Crippen LogP contribution < -0.4 is 15.4 Å². The second kappa shape index (κ2) is 14.2. The Morgan fingerprint density at radius 1 is 1.17 bits per heavy atom. The Hall–Kier alpha value is -1.83. The van der Waals surface area contributed by atoms with Gasteiger partial charge < -0.3 is 24.8 Å². The van der Waals surface area contributed by atoms with E-state index in [-0.39, 0.29) is 0 Å². The lowest BCUT2D eigenvalue weighted by molar-refractivity contribution is 0.141. The first-order valence-electron chi connectivity index (χ1n) is 11.1. The summed E-state index contributed by atoms with van der Waals surface area (Å²) in [7, 11) is 3.48. The summed E-state index contributed by atoms with van der Waals surface area (Å²) < 4.78 is 16.4. The normalized spacial score (nSPS) is 17.3. The van der Waals surface area contributed by atoms with Gasteiger partial charge in [0.05, 0.1) is 19.8 Å². The van der Waals surface area contributed by atoms with E-state index in [1.165, 1.54) is 18.4 Å². The summed E-state index contributed by atoms with van der Waals surface area (Å²) in [5.41, 5.74) is 2.28. The number of aliphatic imine (C=N–C) groups is 1. The predicted molar refractivity (Wildman–Crippen MR) is 122 cm³/mol. The molecular formula is C23H40N4O3.